The second-order valence-electron chi connectivity index (χ2n) is 5.58. The number of nitrogens with zero attached hydrogens (tertiary/aromatic N) is 2. The summed E-state index contributed by atoms with van der Waals surface area (Å²) in [6.07, 6.45) is 4.77. The Balaban J connectivity index is 0.00000220. The van der Waals surface area contributed by atoms with E-state index in [9.17, 15) is 0 Å². The van der Waals surface area contributed by atoms with Crippen LogP contribution in [0.1, 0.15) is 24.8 Å². The lowest BCUT2D eigenvalue weighted by atomic mass is 10.1. The smallest absolute Gasteiger partial charge is 0.191 e. The number of benzene rings is 1. The standard InChI is InChI=1S/C16H26N4.HI/c1-17-16(19-14-8-9-14)18-12-4-5-13-6-10-15(11-7-13)20(2)3;/h6-7,10-11,14H,4-5,8-9,12H2,1-3H3,(H2,17,18,19);1H. The number of aryl methyl sites for hydroxylation is 1. The summed E-state index contributed by atoms with van der Waals surface area (Å²) in [5.41, 5.74) is 2.64. The van der Waals surface area contributed by atoms with Crippen LogP contribution in [-0.2, 0) is 6.42 Å². The molecule has 0 atom stereocenters. The van der Waals surface area contributed by atoms with Crippen LogP contribution >= 0.6 is 24.0 Å². The maximum atomic E-state index is 4.23. The van der Waals surface area contributed by atoms with Crippen LogP contribution in [0.2, 0.25) is 0 Å². The summed E-state index contributed by atoms with van der Waals surface area (Å²) < 4.78 is 0. The van der Waals surface area contributed by atoms with Crippen molar-refractivity contribution in [1.82, 2.24) is 10.6 Å². The van der Waals surface area contributed by atoms with Crippen LogP contribution < -0.4 is 15.5 Å². The van der Waals surface area contributed by atoms with E-state index in [1.807, 2.05) is 7.05 Å². The minimum absolute atomic E-state index is 0. The number of halogens is 1. The normalized spacial score (nSPS) is 14.3. The van der Waals surface area contributed by atoms with E-state index in [-0.39, 0.29) is 24.0 Å². The van der Waals surface area contributed by atoms with Crippen LogP contribution in [0.4, 0.5) is 5.69 Å². The molecule has 0 aromatic heterocycles. The van der Waals surface area contributed by atoms with E-state index in [0.29, 0.717) is 6.04 Å². The Bertz CT molecular complexity index is 438. The van der Waals surface area contributed by atoms with Gasteiger partial charge in [-0.1, -0.05) is 12.1 Å². The van der Waals surface area contributed by atoms with E-state index >= 15 is 0 Å². The van der Waals surface area contributed by atoms with Gasteiger partial charge in [-0.25, -0.2) is 0 Å². The van der Waals surface area contributed by atoms with Gasteiger partial charge >= 0.3 is 0 Å². The fourth-order valence-electron chi connectivity index (χ4n) is 2.08. The minimum atomic E-state index is 0. The molecular formula is C16H27IN4. The van der Waals surface area contributed by atoms with Crippen LogP contribution in [0.25, 0.3) is 0 Å². The van der Waals surface area contributed by atoms with Crippen LogP contribution in [-0.4, -0.2) is 39.7 Å². The molecule has 4 nitrogen and oxygen atoms in total. The van der Waals surface area contributed by atoms with Gasteiger partial charge in [-0.3, -0.25) is 4.99 Å². The highest BCUT2D eigenvalue weighted by atomic mass is 127. The number of aliphatic imine (C=N–C) groups is 1. The van der Waals surface area contributed by atoms with E-state index in [0.717, 1.165) is 25.3 Å². The second-order valence-corrected chi connectivity index (χ2v) is 5.58. The number of anilines is 1. The van der Waals surface area contributed by atoms with Crippen LogP contribution in [0, 0.1) is 0 Å². The van der Waals surface area contributed by atoms with Gasteiger partial charge in [0, 0.05) is 39.4 Å². The van der Waals surface area contributed by atoms with E-state index in [4.69, 9.17) is 0 Å². The van der Waals surface area contributed by atoms with Crippen molar-refractivity contribution < 1.29 is 0 Å². The van der Waals surface area contributed by atoms with Gasteiger partial charge in [0.05, 0.1) is 0 Å². The Morgan fingerprint density at radius 1 is 1.24 bits per heavy atom. The predicted molar refractivity (Wildman–Crippen MR) is 102 cm³/mol. The molecule has 5 heteroatoms. The largest absolute Gasteiger partial charge is 0.378 e. The zero-order valence-corrected chi connectivity index (χ0v) is 15.6. The molecule has 0 saturated heterocycles. The molecule has 0 aliphatic heterocycles. The Morgan fingerprint density at radius 2 is 1.90 bits per heavy atom. The molecule has 118 valence electrons. The Hall–Kier alpha value is -0.980. The summed E-state index contributed by atoms with van der Waals surface area (Å²) in [6, 6.07) is 9.44. The second kappa shape index (κ2) is 9.12. The first kappa shape index (κ1) is 18.1. The first-order chi connectivity index (χ1) is 9.69. The highest BCUT2D eigenvalue weighted by Gasteiger charge is 2.21. The van der Waals surface area contributed by atoms with E-state index < -0.39 is 0 Å². The molecule has 1 aliphatic rings. The molecule has 0 heterocycles. The Labute approximate surface area is 145 Å². The lowest BCUT2D eigenvalue weighted by Gasteiger charge is -2.13. The van der Waals surface area contributed by atoms with Gasteiger partial charge in [0.2, 0.25) is 0 Å². The zero-order chi connectivity index (χ0) is 14.4. The number of hydrogen-bond acceptors (Lipinski definition) is 2. The quantitative estimate of drug-likeness (QED) is 0.333. The summed E-state index contributed by atoms with van der Waals surface area (Å²) in [4.78, 5) is 6.36. The third-order valence-electron chi connectivity index (χ3n) is 3.53. The first-order valence-electron chi connectivity index (χ1n) is 7.42. The number of nitrogens with one attached hydrogen (secondary N) is 2. The average Bonchev–Trinajstić information content (AvgIpc) is 3.26. The lowest BCUT2D eigenvalue weighted by Crippen LogP contribution is -2.39. The van der Waals surface area contributed by atoms with Crippen LogP contribution in [0.15, 0.2) is 29.3 Å². The predicted octanol–water partition coefficient (Wildman–Crippen LogP) is 2.63. The monoisotopic (exact) mass is 402 g/mol. The molecule has 0 radical (unpaired) electrons. The summed E-state index contributed by atoms with van der Waals surface area (Å²) in [7, 11) is 5.96. The summed E-state index contributed by atoms with van der Waals surface area (Å²) in [6.45, 7) is 0.960. The molecule has 2 rings (SSSR count). The van der Waals surface area contributed by atoms with Crippen molar-refractivity contribution in [2.75, 3.05) is 32.6 Å². The van der Waals surface area contributed by atoms with Gasteiger partial charge in [0.25, 0.3) is 0 Å². The highest BCUT2D eigenvalue weighted by molar-refractivity contribution is 14.0. The molecule has 1 saturated carbocycles. The van der Waals surface area contributed by atoms with Crippen molar-refractivity contribution >= 4 is 35.6 Å². The summed E-state index contributed by atoms with van der Waals surface area (Å²) >= 11 is 0. The third-order valence-corrected chi connectivity index (χ3v) is 3.53. The van der Waals surface area contributed by atoms with Gasteiger partial charge in [-0.2, -0.15) is 0 Å². The molecule has 1 aliphatic carbocycles. The van der Waals surface area contributed by atoms with Gasteiger partial charge < -0.3 is 15.5 Å². The fraction of sp³-hybridized carbons (Fsp3) is 0.562. The van der Waals surface area contributed by atoms with E-state index in [1.54, 1.807) is 0 Å². The van der Waals surface area contributed by atoms with Gasteiger partial charge in [0.15, 0.2) is 5.96 Å². The molecule has 21 heavy (non-hydrogen) atoms. The molecule has 0 unspecified atom stereocenters. The molecule has 0 bridgehead atoms. The minimum Gasteiger partial charge on any atom is -0.378 e. The number of rotatable bonds is 6. The number of guanidine groups is 1. The number of hydrogen-bond donors (Lipinski definition) is 2. The van der Waals surface area contributed by atoms with E-state index in [1.165, 1.54) is 24.1 Å². The maximum Gasteiger partial charge on any atom is 0.191 e. The SMILES string of the molecule is CN=C(NCCCc1ccc(N(C)C)cc1)NC1CC1.I. The van der Waals surface area contributed by atoms with Crippen molar-refractivity contribution in [3.05, 3.63) is 29.8 Å². The summed E-state index contributed by atoms with van der Waals surface area (Å²) in [5, 5.41) is 6.76. The highest BCUT2D eigenvalue weighted by Crippen LogP contribution is 2.18. The maximum absolute atomic E-state index is 4.23. The first-order valence-corrected chi connectivity index (χ1v) is 7.42. The van der Waals surface area contributed by atoms with Crippen LogP contribution in [0.5, 0.6) is 0 Å². The molecule has 1 aromatic carbocycles. The van der Waals surface area contributed by atoms with E-state index in [2.05, 4.69) is 58.9 Å². The van der Waals surface area contributed by atoms with Crippen molar-refractivity contribution in [2.45, 2.75) is 31.7 Å². The molecule has 1 fully saturated rings. The molecule has 0 spiro atoms. The van der Waals surface area contributed by atoms with Crippen molar-refractivity contribution in [2.24, 2.45) is 4.99 Å². The van der Waals surface area contributed by atoms with Gasteiger partial charge in [-0.05, 0) is 43.4 Å². The molecular weight excluding hydrogens is 375 g/mol. The van der Waals surface area contributed by atoms with Crippen molar-refractivity contribution in [1.29, 1.82) is 0 Å². The average molecular weight is 402 g/mol. The van der Waals surface area contributed by atoms with Crippen molar-refractivity contribution in [3.63, 3.8) is 0 Å². The third kappa shape index (κ3) is 6.54. The van der Waals surface area contributed by atoms with Gasteiger partial charge in [0.1, 0.15) is 0 Å². The molecule has 1 aromatic rings. The van der Waals surface area contributed by atoms with Crippen LogP contribution in [0.3, 0.4) is 0 Å². The Morgan fingerprint density at radius 3 is 2.43 bits per heavy atom. The zero-order valence-electron chi connectivity index (χ0n) is 13.2. The van der Waals surface area contributed by atoms with Crippen molar-refractivity contribution in [3.8, 4) is 0 Å². The molecule has 2 N–H and O–H groups in total. The summed E-state index contributed by atoms with van der Waals surface area (Å²) in [5.74, 6) is 0.940. The Kier molecular flexibility index (Phi) is 7.85. The fourth-order valence-corrected chi connectivity index (χ4v) is 2.08. The molecule has 0 amide bonds. The lowest BCUT2D eigenvalue weighted by molar-refractivity contribution is 0.741. The van der Waals surface area contributed by atoms with Gasteiger partial charge in [-0.15, -0.1) is 24.0 Å². The topological polar surface area (TPSA) is 39.7 Å².